The first-order valence-electron chi connectivity index (χ1n) is 12.9. The first kappa shape index (κ1) is 27.4. The number of anilines is 1. The van der Waals surface area contributed by atoms with Gasteiger partial charge in [0.05, 0.1) is 14.2 Å². The van der Waals surface area contributed by atoms with Gasteiger partial charge in [0.2, 0.25) is 0 Å². The van der Waals surface area contributed by atoms with Crippen molar-refractivity contribution < 1.29 is 24.2 Å². The summed E-state index contributed by atoms with van der Waals surface area (Å²) in [6.07, 6.45) is 4.50. The van der Waals surface area contributed by atoms with Crippen molar-refractivity contribution in [2.24, 2.45) is 0 Å². The zero-order valence-corrected chi connectivity index (χ0v) is 23.8. The molecule has 4 aromatic rings. The number of carbonyl (C=O) groups is 2. The maximum Gasteiger partial charge on any atom is 0.408 e. The zero-order chi connectivity index (χ0) is 28.3. The largest absolute Gasteiger partial charge is 0.497 e. The highest BCUT2D eigenvalue weighted by Gasteiger charge is 2.46. The second-order valence-electron chi connectivity index (χ2n) is 9.80. The number of fused-ring (bicyclic) bond motifs is 1. The van der Waals surface area contributed by atoms with Gasteiger partial charge in [-0.2, -0.15) is 0 Å². The number of carboxylic acid groups (broad SMARTS) is 1. The van der Waals surface area contributed by atoms with E-state index in [-0.39, 0.29) is 12.5 Å². The molecule has 208 valence electrons. The van der Waals surface area contributed by atoms with E-state index in [9.17, 15) is 14.7 Å². The first-order valence-corrected chi connectivity index (χ1v) is 13.7. The Labute approximate surface area is 240 Å². The molecule has 0 unspecified atom stereocenters. The number of aromatic nitrogens is 3. The average Bonchev–Trinajstić information content (AvgIpc) is 3.33. The van der Waals surface area contributed by atoms with Crippen LogP contribution in [0.3, 0.4) is 0 Å². The molecule has 1 aliphatic heterocycles. The van der Waals surface area contributed by atoms with Crippen LogP contribution >= 0.6 is 15.9 Å². The smallest absolute Gasteiger partial charge is 0.408 e. The number of piperidine rings is 1. The lowest BCUT2D eigenvalue weighted by Gasteiger charge is -2.44. The second kappa shape index (κ2) is 11.5. The molecule has 1 aliphatic rings. The lowest BCUT2D eigenvalue weighted by atomic mass is 9.79. The summed E-state index contributed by atoms with van der Waals surface area (Å²) in [6, 6.07) is 15.1. The van der Waals surface area contributed by atoms with Crippen LogP contribution in [0.15, 0.2) is 65.5 Å². The highest BCUT2D eigenvalue weighted by atomic mass is 79.9. The summed E-state index contributed by atoms with van der Waals surface area (Å²) in [6.45, 7) is 0.602. The third-order valence-corrected chi connectivity index (χ3v) is 8.07. The van der Waals surface area contributed by atoms with E-state index >= 15 is 0 Å². The van der Waals surface area contributed by atoms with E-state index in [1.54, 1.807) is 20.4 Å². The maximum absolute atomic E-state index is 12.4. The number of hydrogen-bond acceptors (Lipinski definition) is 7. The fraction of sp³-hybridized carbons (Fsp3) is 0.310. The van der Waals surface area contributed by atoms with Crippen molar-refractivity contribution in [2.75, 3.05) is 26.1 Å². The summed E-state index contributed by atoms with van der Waals surface area (Å²) in [5, 5.41) is 13.5. The Morgan fingerprint density at radius 1 is 1.23 bits per heavy atom. The van der Waals surface area contributed by atoms with Gasteiger partial charge in [-0.25, -0.2) is 14.8 Å². The Kier molecular flexibility index (Phi) is 7.92. The molecule has 1 amide bonds. The zero-order valence-electron chi connectivity index (χ0n) is 22.2. The number of rotatable bonds is 9. The number of amides is 1. The quantitative estimate of drug-likeness (QED) is 0.250. The molecule has 1 saturated heterocycles. The number of imidazole rings is 1. The minimum atomic E-state index is -1.13. The molecule has 0 bridgehead atoms. The van der Waals surface area contributed by atoms with Crippen LogP contribution in [0, 0.1) is 0 Å². The summed E-state index contributed by atoms with van der Waals surface area (Å²) in [7, 11) is 3.22. The Morgan fingerprint density at radius 3 is 2.73 bits per heavy atom. The third-order valence-electron chi connectivity index (χ3n) is 7.51. The minimum Gasteiger partial charge on any atom is -0.497 e. The van der Waals surface area contributed by atoms with Crippen molar-refractivity contribution in [2.45, 2.75) is 37.3 Å². The van der Waals surface area contributed by atoms with Crippen LogP contribution in [-0.2, 0) is 17.8 Å². The number of likely N-dealkylation sites (tertiary alicyclic amines) is 1. The van der Waals surface area contributed by atoms with E-state index in [1.165, 1.54) is 4.90 Å². The van der Waals surface area contributed by atoms with Gasteiger partial charge in [-0.3, -0.25) is 9.30 Å². The number of hydrogen-bond donors (Lipinski definition) is 2. The monoisotopic (exact) mass is 607 g/mol. The lowest BCUT2D eigenvalue weighted by molar-refractivity contribution is -0.120. The van der Waals surface area contributed by atoms with Crippen LogP contribution in [0.1, 0.15) is 35.7 Å². The second-order valence-corrected chi connectivity index (χ2v) is 10.6. The van der Waals surface area contributed by atoms with Gasteiger partial charge in [0.15, 0.2) is 5.82 Å². The molecule has 2 atom stereocenters. The van der Waals surface area contributed by atoms with Crippen LogP contribution < -0.4 is 14.8 Å². The van der Waals surface area contributed by atoms with Crippen LogP contribution in [0.5, 0.6) is 11.5 Å². The van der Waals surface area contributed by atoms with Crippen LogP contribution in [0.25, 0.3) is 5.52 Å². The van der Waals surface area contributed by atoms with Gasteiger partial charge in [-0.1, -0.05) is 30.3 Å². The molecule has 0 saturated carbocycles. The van der Waals surface area contributed by atoms with Gasteiger partial charge >= 0.3 is 6.09 Å². The van der Waals surface area contributed by atoms with Crippen molar-refractivity contribution in [3.8, 4) is 11.5 Å². The number of ether oxygens (including phenoxy) is 2. The van der Waals surface area contributed by atoms with E-state index < -0.39 is 11.6 Å². The first-order chi connectivity index (χ1) is 19.4. The van der Waals surface area contributed by atoms with E-state index in [0.717, 1.165) is 22.9 Å². The van der Waals surface area contributed by atoms with E-state index in [1.807, 2.05) is 59.1 Å². The van der Waals surface area contributed by atoms with Gasteiger partial charge in [0.1, 0.15) is 39.3 Å². The van der Waals surface area contributed by atoms with Gasteiger partial charge < -0.3 is 24.7 Å². The van der Waals surface area contributed by atoms with Crippen molar-refractivity contribution >= 4 is 39.6 Å². The molecule has 1 fully saturated rings. The summed E-state index contributed by atoms with van der Waals surface area (Å²) >= 11 is 3.59. The average molecular weight is 608 g/mol. The maximum atomic E-state index is 12.4. The standard InChI is InChI=1S/C29H30BrN5O5/c1-39-22-9-8-20(23(14-22)40-2)16-32-26-24-25(30)33-27(34(24)13-12-31-26)21-10-11-29(18-36,35(17-21)28(37)38)15-19-6-4-3-5-7-19/h3-9,12-14,18,21H,10-11,15-17H2,1-2H3,(H,31,32)(H,37,38)/t21-,29+/m1/s1. The molecule has 5 rings (SSSR count). The number of benzene rings is 2. The van der Waals surface area contributed by atoms with Crippen LogP contribution in [0.2, 0.25) is 0 Å². The SMILES string of the molecule is COc1ccc(CNc2nccn3c([C@@H]4CC[C@@](C=O)(Cc5ccccc5)N(C(=O)O)C4)nc(Br)c23)c(OC)c1. The highest BCUT2D eigenvalue weighted by molar-refractivity contribution is 9.10. The number of nitrogens with one attached hydrogen (secondary N) is 1. The van der Waals surface area contributed by atoms with Crippen molar-refractivity contribution in [1.82, 2.24) is 19.3 Å². The molecule has 2 N–H and O–H groups in total. The highest BCUT2D eigenvalue weighted by Crippen LogP contribution is 2.39. The predicted molar refractivity (Wildman–Crippen MR) is 153 cm³/mol. The van der Waals surface area contributed by atoms with E-state index in [0.29, 0.717) is 53.6 Å². The summed E-state index contributed by atoms with van der Waals surface area (Å²) in [4.78, 5) is 35.4. The number of carbonyl (C=O) groups excluding carboxylic acids is 1. The van der Waals surface area contributed by atoms with E-state index in [4.69, 9.17) is 14.5 Å². The lowest BCUT2D eigenvalue weighted by Crippen LogP contribution is -2.58. The molecule has 0 spiro atoms. The third kappa shape index (κ3) is 5.21. The summed E-state index contributed by atoms with van der Waals surface area (Å²) in [5.74, 6) is 2.50. The molecule has 10 nitrogen and oxygen atoms in total. The predicted octanol–water partition coefficient (Wildman–Crippen LogP) is 5.16. The van der Waals surface area contributed by atoms with Gasteiger partial charge in [0, 0.05) is 49.5 Å². The van der Waals surface area contributed by atoms with Crippen LogP contribution in [-0.4, -0.2) is 63.1 Å². The molecule has 11 heteroatoms. The molecule has 2 aromatic carbocycles. The topological polar surface area (TPSA) is 118 Å². The van der Waals surface area contributed by atoms with Crippen molar-refractivity contribution in [1.29, 1.82) is 0 Å². The van der Waals surface area contributed by atoms with Gasteiger partial charge in [-0.15, -0.1) is 0 Å². The molecule has 40 heavy (non-hydrogen) atoms. The number of nitrogens with zero attached hydrogens (tertiary/aromatic N) is 4. The molecule has 3 heterocycles. The van der Waals surface area contributed by atoms with Crippen molar-refractivity contribution in [3.63, 3.8) is 0 Å². The van der Waals surface area contributed by atoms with Crippen molar-refractivity contribution in [3.05, 3.63) is 82.5 Å². The Hall–Kier alpha value is -4.12. The van der Waals surface area contributed by atoms with Gasteiger partial charge in [-0.05, 0) is 46.5 Å². The molecular formula is C29H30BrN5O5. The molecule has 0 radical (unpaired) electrons. The number of methoxy groups -OCH3 is 2. The summed E-state index contributed by atoms with van der Waals surface area (Å²) in [5.41, 5.74) is 1.46. The Balaban J connectivity index is 1.42. The molecule has 2 aromatic heterocycles. The normalized spacial score (nSPS) is 18.9. The Bertz CT molecular complexity index is 1530. The molecule has 0 aliphatic carbocycles. The number of aldehydes is 1. The minimum absolute atomic E-state index is 0.153. The number of halogens is 1. The fourth-order valence-electron chi connectivity index (χ4n) is 5.44. The van der Waals surface area contributed by atoms with Crippen LogP contribution in [0.4, 0.5) is 10.6 Å². The van der Waals surface area contributed by atoms with E-state index in [2.05, 4.69) is 26.2 Å². The Morgan fingerprint density at radius 2 is 2.02 bits per heavy atom. The van der Waals surface area contributed by atoms with Gasteiger partial charge in [0.25, 0.3) is 0 Å². The summed E-state index contributed by atoms with van der Waals surface area (Å²) < 4.78 is 13.3. The molecular weight excluding hydrogens is 578 g/mol. The fourth-order valence-corrected chi connectivity index (χ4v) is 6.00.